The van der Waals surface area contributed by atoms with Crippen LogP contribution in [0, 0.1) is 13.8 Å². The molecule has 2 aromatic rings. The van der Waals surface area contributed by atoms with Crippen LogP contribution in [-0.4, -0.2) is 42.9 Å². The van der Waals surface area contributed by atoms with Gasteiger partial charge in [-0.25, -0.2) is 0 Å². The number of anilines is 2. The van der Waals surface area contributed by atoms with E-state index in [1.54, 1.807) is 4.90 Å². The van der Waals surface area contributed by atoms with E-state index < -0.39 is 0 Å². The highest BCUT2D eigenvalue weighted by Gasteiger charge is 2.23. The van der Waals surface area contributed by atoms with E-state index in [4.69, 9.17) is 0 Å². The third-order valence-corrected chi connectivity index (χ3v) is 4.81. The number of para-hydroxylation sites is 2. The number of benzene rings is 2. The van der Waals surface area contributed by atoms with Crippen molar-refractivity contribution in [1.29, 1.82) is 0 Å². The topological polar surface area (TPSA) is 52.7 Å². The van der Waals surface area contributed by atoms with Gasteiger partial charge in [-0.15, -0.1) is 0 Å². The molecule has 26 heavy (non-hydrogen) atoms. The molecular weight excluding hydrogens is 326 g/mol. The maximum Gasteiger partial charge on any atom is 0.233 e. The molecule has 136 valence electrons. The van der Waals surface area contributed by atoms with Crippen LogP contribution in [0.3, 0.4) is 0 Å². The quantitative estimate of drug-likeness (QED) is 0.862. The van der Waals surface area contributed by atoms with Gasteiger partial charge >= 0.3 is 0 Å². The summed E-state index contributed by atoms with van der Waals surface area (Å²) in [5, 5.41) is 2.89. The third-order valence-electron chi connectivity index (χ3n) is 4.81. The predicted molar refractivity (Wildman–Crippen MR) is 104 cm³/mol. The molecule has 2 amide bonds. The molecule has 1 saturated heterocycles. The van der Waals surface area contributed by atoms with Crippen molar-refractivity contribution in [1.82, 2.24) is 4.90 Å². The number of hydrogen-bond acceptors (Lipinski definition) is 3. The van der Waals surface area contributed by atoms with Gasteiger partial charge in [0, 0.05) is 37.6 Å². The summed E-state index contributed by atoms with van der Waals surface area (Å²) in [6.45, 7) is 6.76. The lowest BCUT2D eigenvalue weighted by molar-refractivity contribution is -0.134. The molecule has 5 nitrogen and oxygen atoms in total. The van der Waals surface area contributed by atoms with Crippen molar-refractivity contribution in [2.45, 2.75) is 20.3 Å². The SMILES string of the molecule is Cc1cccc(C)c1NC(=O)CC(=O)N1CCN(c2ccccc2)CC1. The molecule has 0 atom stereocenters. The fourth-order valence-corrected chi connectivity index (χ4v) is 3.30. The van der Waals surface area contributed by atoms with Crippen molar-refractivity contribution in [3.8, 4) is 0 Å². The second-order valence-electron chi connectivity index (χ2n) is 6.70. The zero-order chi connectivity index (χ0) is 18.5. The third kappa shape index (κ3) is 4.23. The van der Waals surface area contributed by atoms with Gasteiger partial charge in [0.15, 0.2) is 0 Å². The Labute approximate surface area is 154 Å². The summed E-state index contributed by atoms with van der Waals surface area (Å²) in [6.07, 6.45) is -0.112. The molecule has 0 aromatic heterocycles. The van der Waals surface area contributed by atoms with Gasteiger partial charge in [-0.05, 0) is 37.1 Å². The monoisotopic (exact) mass is 351 g/mol. The number of amides is 2. The molecule has 0 unspecified atom stereocenters. The lowest BCUT2D eigenvalue weighted by atomic mass is 10.1. The highest BCUT2D eigenvalue weighted by atomic mass is 16.2. The van der Waals surface area contributed by atoms with Crippen LogP contribution in [0.1, 0.15) is 17.5 Å². The zero-order valence-corrected chi connectivity index (χ0v) is 15.4. The van der Waals surface area contributed by atoms with Gasteiger partial charge in [-0.3, -0.25) is 9.59 Å². The van der Waals surface area contributed by atoms with Crippen LogP contribution in [0.5, 0.6) is 0 Å². The largest absolute Gasteiger partial charge is 0.368 e. The molecule has 5 heteroatoms. The number of carbonyl (C=O) groups is 2. The van der Waals surface area contributed by atoms with Crippen molar-refractivity contribution in [2.24, 2.45) is 0 Å². The van der Waals surface area contributed by atoms with Crippen LogP contribution in [0.2, 0.25) is 0 Å². The first-order valence-electron chi connectivity index (χ1n) is 8.98. The summed E-state index contributed by atoms with van der Waals surface area (Å²) < 4.78 is 0. The van der Waals surface area contributed by atoms with Gasteiger partial charge in [-0.2, -0.15) is 0 Å². The van der Waals surface area contributed by atoms with E-state index in [9.17, 15) is 9.59 Å². The van der Waals surface area contributed by atoms with Crippen molar-refractivity contribution in [2.75, 3.05) is 36.4 Å². The predicted octanol–water partition coefficient (Wildman–Crippen LogP) is 2.98. The molecule has 0 spiro atoms. The molecule has 0 radical (unpaired) electrons. The molecule has 1 fully saturated rings. The van der Waals surface area contributed by atoms with Gasteiger partial charge in [0.25, 0.3) is 0 Å². The Hall–Kier alpha value is -2.82. The summed E-state index contributed by atoms with van der Waals surface area (Å²) in [7, 11) is 0. The number of carbonyl (C=O) groups excluding carboxylic acids is 2. The van der Waals surface area contributed by atoms with Gasteiger partial charge in [0.1, 0.15) is 6.42 Å². The molecule has 0 saturated carbocycles. The first kappa shape index (κ1) is 18.0. The summed E-state index contributed by atoms with van der Waals surface area (Å²) >= 11 is 0. The van der Waals surface area contributed by atoms with Gasteiger partial charge < -0.3 is 15.1 Å². The highest BCUT2D eigenvalue weighted by molar-refractivity contribution is 6.04. The Bertz CT molecular complexity index is 761. The maximum atomic E-state index is 12.5. The molecule has 0 aliphatic carbocycles. The van der Waals surface area contributed by atoms with Crippen molar-refractivity contribution in [3.63, 3.8) is 0 Å². The average Bonchev–Trinajstić information content (AvgIpc) is 2.66. The lowest BCUT2D eigenvalue weighted by Crippen LogP contribution is -2.49. The van der Waals surface area contributed by atoms with Gasteiger partial charge in [-0.1, -0.05) is 36.4 Å². The summed E-state index contributed by atoms with van der Waals surface area (Å²) in [5.74, 6) is -0.362. The van der Waals surface area contributed by atoms with E-state index in [0.29, 0.717) is 13.1 Å². The normalized spacial score (nSPS) is 14.2. The molecule has 1 N–H and O–H groups in total. The van der Waals surface area contributed by atoms with E-state index in [-0.39, 0.29) is 18.2 Å². The maximum absolute atomic E-state index is 12.5. The molecule has 3 rings (SSSR count). The minimum Gasteiger partial charge on any atom is -0.368 e. The Morgan fingerprint density at radius 3 is 2.12 bits per heavy atom. The minimum atomic E-state index is -0.252. The number of aryl methyl sites for hydroxylation is 2. The van der Waals surface area contributed by atoms with E-state index in [1.165, 1.54) is 5.69 Å². The number of nitrogens with zero attached hydrogens (tertiary/aromatic N) is 2. The van der Waals surface area contributed by atoms with Crippen molar-refractivity contribution in [3.05, 3.63) is 59.7 Å². The molecule has 0 bridgehead atoms. The second kappa shape index (κ2) is 8.04. The number of hydrogen-bond donors (Lipinski definition) is 1. The number of piperazine rings is 1. The van der Waals surface area contributed by atoms with Crippen LogP contribution in [-0.2, 0) is 9.59 Å². The van der Waals surface area contributed by atoms with E-state index in [2.05, 4.69) is 22.3 Å². The Morgan fingerprint density at radius 1 is 0.885 bits per heavy atom. The van der Waals surface area contributed by atoms with E-state index in [1.807, 2.05) is 50.2 Å². The van der Waals surface area contributed by atoms with E-state index in [0.717, 1.165) is 29.9 Å². The Kier molecular flexibility index (Phi) is 5.56. The number of rotatable bonds is 4. The first-order chi connectivity index (χ1) is 12.5. The summed E-state index contributed by atoms with van der Waals surface area (Å²) in [5.41, 5.74) is 3.98. The molecule has 1 aliphatic rings. The fraction of sp³-hybridized carbons (Fsp3) is 0.333. The fourth-order valence-electron chi connectivity index (χ4n) is 3.30. The Balaban J connectivity index is 1.52. The summed E-state index contributed by atoms with van der Waals surface area (Å²) in [6, 6.07) is 16.1. The molecule has 2 aromatic carbocycles. The van der Waals surface area contributed by atoms with E-state index >= 15 is 0 Å². The Morgan fingerprint density at radius 2 is 1.50 bits per heavy atom. The first-order valence-corrected chi connectivity index (χ1v) is 8.98. The smallest absolute Gasteiger partial charge is 0.233 e. The molecular formula is C21H25N3O2. The van der Waals surface area contributed by atoms with Crippen molar-refractivity contribution >= 4 is 23.2 Å². The van der Waals surface area contributed by atoms with Crippen molar-refractivity contribution < 1.29 is 9.59 Å². The number of nitrogens with one attached hydrogen (secondary N) is 1. The van der Waals surface area contributed by atoms with Crippen LogP contribution in [0.4, 0.5) is 11.4 Å². The summed E-state index contributed by atoms with van der Waals surface area (Å²) in [4.78, 5) is 28.8. The van der Waals surface area contributed by atoms with Crippen LogP contribution >= 0.6 is 0 Å². The van der Waals surface area contributed by atoms with Crippen LogP contribution < -0.4 is 10.2 Å². The minimum absolute atomic E-state index is 0.110. The lowest BCUT2D eigenvalue weighted by Gasteiger charge is -2.36. The average molecular weight is 351 g/mol. The molecule has 1 aliphatic heterocycles. The zero-order valence-electron chi connectivity index (χ0n) is 15.4. The highest BCUT2D eigenvalue weighted by Crippen LogP contribution is 2.20. The standard InChI is InChI=1S/C21H25N3O2/c1-16-7-6-8-17(2)21(16)22-19(25)15-20(26)24-13-11-23(12-14-24)18-9-4-3-5-10-18/h3-10H,11-15H2,1-2H3,(H,22,25). The molecule has 1 heterocycles. The second-order valence-corrected chi connectivity index (χ2v) is 6.70. The van der Waals surface area contributed by atoms with Crippen LogP contribution in [0.15, 0.2) is 48.5 Å². The van der Waals surface area contributed by atoms with Gasteiger partial charge in [0.2, 0.25) is 11.8 Å². The van der Waals surface area contributed by atoms with Crippen LogP contribution in [0.25, 0.3) is 0 Å². The van der Waals surface area contributed by atoms with Gasteiger partial charge in [0.05, 0.1) is 0 Å².